The van der Waals surface area contributed by atoms with Crippen LogP contribution >= 0.6 is 0 Å². The van der Waals surface area contributed by atoms with Crippen LogP contribution in [0.2, 0.25) is 0 Å². The molecule has 0 aliphatic rings. The minimum atomic E-state index is -0.921. The van der Waals surface area contributed by atoms with Gasteiger partial charge >= 0.3 is 11.9 Å². The van der Waals surface area contributed by atoms with Gasteiger partial charge < -0.3 is 10.2 Å². The fraction of sp³-hybridized carbons (Fsp3) is 0.0714. The van der Waals surface area contributed by atoms with Gasteiger partial charge in [0, 0.05) is 35.4 Å². The number of rotatable bonds is 8. The molecule has 2 aromatic carbocycles. The van der Waals surface area contributed by atoms with E-state index >= 15 is 0 Å². The average molecular weight is 453 g/mol. The smallest absolute Gasteiger partial charge is 0.335 e. The highest BCUT2D eigenvalue weighted by atomic mass is 16.4. The molecule has 0 spiro atoms. The van der Waals surface area contributed by atoms with Crippen molar-refractivity contribution < 1.29 is 28.9 Å². The molecular formula is C28H24N2O4+2. The number of pyridine rings is 2. The molecule has 2 aromatic heterocycles. The van der Waals surface area contributed by atoms with Gasteiger partial charge in [-0.05, 0) is 35.4 Å². The summed E-state index contributed by atoms with van der Waals surface area (Å²) in [6.07, 6.45) is 12.1. The van der Waals surface area contributed by atoms with E-state index < -0.39 is 11.9 Å². The van der Waals surface area contributed by atoms with Gasteiger partial charge in [0.15, 0.2) is 37.9 Å². The second kappa shape index (κ2) is 10.4. The molecule has 2 heterocycles. The van der Waals surface area contributed by atoms with Crippen LogP contribution in [-0.2, 0) is 13.1 Å². The van der Waals surface area contributed by atoms with E-state index in [1.165, 1.54) is 0 Å². The molecule has 0 bridgehead atoms. The predicted octanol–water partition coefficient (Wildman–Crippen LogP) is 3.93. The summed E-state index contributed by atoms with van der Waals surface area (Å²) in [5, 5.41) is 18.0. The standard InChI is InChI=1S/C28H22N2O4/c31-27(32)25-7-3-23(4-8-25)19-29-15-11-21(12-16-29)1-2-22-13-17-30(18-14-22)20-24-5-9-26(10-6-24)28(33)34/h1-18H,19-20H2/p+2/b2-1+. The summed E-state index contributed by atoms with van der Waals surface area (Å²) in [5.41, 5.74) is 4.80. The van der Waals surface area contributed by atoms with Gasteiger partial charge in [-0.15, -0.1) is 0 Å². The van der Waals surface area contributed by atoms with E-state index in [-0.39, 0.29) is 11.1 Å². The molecule has 0 radical (unpaired) electrons. The molecule has 2 N–H and O–H groups in total. The molecule has 0 saturated carbocycles. The number of carboxylic acids is 2. The lowest BCUT2D eigenvalue weighted by molar-refractivity contribution is -0.688. The first-order chi connectivity index (χ1) is 16.5. The summed E-state index contributed by atoms with van der Waals surface area (Å²) in [4.78, 5) is 21.9. The molecule has 0 saturated heterocycles. The highest BCUT2D eigenvalue weighted by molar-refractivity contribution is 5.88. The third-order valence-corrected chi connectivity index (χ3v) is 5.43. The first-order valence-corrected chi connectivity index (χ1v) is 10.8. The SMILES string of the molecule is O=C(O)c1ccc(C[n+]2ccc(/C=C/c3cc[n+](Cc4ccc(C(=O)O)cc4)cc3)cc2)cc1. The molecule has 0 atom stereocenters. The Morgan fingerprint density at radius 2 is 0.882 bits per heavy atom. The maximum atomic E-state index is 11.0. The third-order valence-electron chi connectivity index (χ3n) is 5.43. The highest BCUT2D eigenvalue weighted by Crippen LogP contribution is 2.08. The number of hydrogen-bond donors (Lipinski definition) is 2. The van der Waals surface area contributed by atoms with E-state index in [1.807, 2.05) is 82.5 Å². The Balaban J connectivity index is 1.34. The van der Waals surface area contributed by atoms with E-state index in [0.29, 0.717) is 13.1 Å². The summed E-state index contributed by atoms with van der Waals surface area (Å²) in [5.74, 6) is -1.84. The van der Waals surface area contributed by atoms with E-state index in [2.05, 4.69) is 12.2 Å². The number of carbonyl (C=O) groups is 2. The van der Waals surface area contributed by atoms with Crippen LogP contribution in [0.4, 0.5) is 0 Å². The lowest BCUT2D eigenvalue weighted by atomic mass is 10.1. The van der Waals surface area contributed by atoms with Crippen LogP contribution in [0.3, 0.4) is 0 Å². The lowest BCUT2D eigenvalue weighted by Gasteiger charge is -2.00. The summed E-state index contributed by atoms with van der Waals surface area (Å²) in [6.45, 7) is 1.34. The van der Waals surface area contributed by atoms with Gasteiger partial charge in [0.2, 0.25) is 0 Å². The second-order valence-corrected chi connectivity index (χ2v) is 7.95. The van der Waals surface area contributed by atoms with Crippen molar-refractivity contribution in [3.8, 4) is 0 Å². The minimum Gasteiger partial charge on any atom is -0.478 e. The molecule has 0 aliphatic heterocycles. The zero-order chi connectivity index (χ0) is 23.9. The topological polar surface area (TPSA) is 82.4 Å². The quantitative estimate of drug-likeness (QED) is 0.397. The van der Waals surface area contributed by atoms with Crippen molar-refractivity contribution in [2.75, 3.05) is 0 Å². The molecule has 4 aromatic rings. The van der Waals surface area contributed by atoms with Crippen molar-refractivity contribution in [3.63, 3.8) is 0 Å². The Labute approximate surface area is 197 Å². The van der Waals surface area contributed by atoms with Crippen LogP contribution in [0.5, 0.6) is 0 Å². The highest BCUT2D eigenvalue weighted by Gasteiger charge is 2.07. The Bertz CT molecular complexity index is 1200. The summed E-state index contributed by atoms with van der Waals surface area (Å²) < 4.78 is 4.09. The van der Waals surface area contributed by atoms with E-state index in [1.54, 1.807) is 24.3 Å². The van der Waals surface area contributed by atoms with Crippen LogP contribution in [0.25, 0.3) is 12.2 Å². The van der Waals surface area contributed by atoms with Crippen molar-refractivity contribution in [2.45, 2.75) is 13.1 Å². The van der Waals surface area contributed by atoms with Gasteiger partial charge in [-0.3, -0.25) is 0 Å². The van der Waals surface area contributed by atoms with E-state index in [9.17, 15) is 9.59 Å². The maximum Gasteiger partial charge on any atom is 0.335 e. The zero-order valence-electron chi connectivity index (χ0n) is 18.4. The van der Waals surface area contributed by atoms with Crippen molar-refractivity contribution in [1.29, 1.82) is 0 Å². The van der Waals surface area contributed by atoms with Crippen LogP contribution in [0.1, 0.15) is 43.0 Å². The molecule has 4 rings (SSSR count). The normalized spacial score (nSPS) is 10.9. The number of nitrogens with zero attached hydrogens (tertiary/aromatic N) is 2. The Morgan fingerprint density at radius 3 is 1.18 bits per heavy atom. The van der Waals surface area contributed by atoms with Crippen LogP contribution < -0.4 is 9.13 Å². The van der Waals surface area contributed by atoms with Crippen LogP contribution in [-0.4, -0.2) is 22.2 Å². The van der Waals surface area contributed by atoms with Gasteiger partial charge in [-0.2, -0.15) is 0 Å². The van der Waals surface area contributed by atoms with Crippen LogP contribution in [0.15, 0.2) is 97.6 Å². The predicted molar refractivity (Wildman–Crippen MR) is 127 cm³/mol. The van der Waals surface area contributed by atoms with Crippen LogP contribution in [0, 0.1) is 0 Å². The third kappa shape index (κ3) is 6.01. The molecule has 34 heavy (non-hydrogen) atoms. The molecule has 6 nitrogen and oxygen atoms in total. The van der Waals surface area contributed by atoms with Crippen molar-refractivity contribution >= 4 is 24.1 Å². The molecule has 0 aliphatic carbocycles. The summed E-state index contributed by atoms with van der Waals surface area (Å²) >= 11 is 0. The van der Waals surface area contributed by atoms with Crippen molar-refractivity contribution in [1.82, 2.24) is 0 Å². The Morgan fingerprint density at radius 1 is 0.559 bits per heavy atom. The van der Waals surface area contributed by atoms with Crippen molar-refractivity contribution in [3.05, 3.63) is 131 Å². The number of aromatic nitrogens is 2. The van der Waals surface area contributed by atoms with E-state index in [4.69, 9.17) is 10.2 Å². The molecule has 0 fully saturated rings. The van der Waals surface area contributed by atoms with Gasteiger partial charge in [-0.1, -0.05) is 36.4 Å². The first kappa shape index (κ1) is 22.6. The van der Waals surface area contributed by atoms with Crippen molar-refractivity contribution in [2.24, 2.45) is 0 Å². The largest absolute Gasteiger partial charge is 0.478 e. The van der Waals surface area contributed by atoms with Gasteiger partial charge in [0.1, 0.15) is 0 Å². The maximum absolute atomic E-state index is 11.0. The molecule has 0 amide bonds. The lowest BCUT2D eigenvalue weighted by Crippen LogP contribution is -2.33. The minimum absolute atomic E-state index is 0.287. The van der Waals surface area contributed by atoms with Gasteiger partial charge in [0.25, 0.3) is 0 Å². The number of hydrogen-bond acceptors (Lipinski definition) is 2. The Hall–Kier alpha value is -4.58. The van der Waals surface area contributed by atoms with Gasteiger partial charge in [-0.25, -0.2) is 18.7 Å². The average Bonchev–Trinajstić information content (AvgIpc) is 2.85. The molecular weight excluding hydrogens is 428 g/mol. The zero-order valence-corrected chi connectivity index (χ0v) is 18.4. The Kier molecular flexibility index (Phi) is 6.89. The first-order valence-electron chi connectivity index (χ1n) is 10.8. The number of carboxylic acid groups (broad SMARTS) is 2. The van der Waals surface area contributed by atoms with E-state index in [0.717, 1.165) is 22.3 Å². The molecule has 6 heteroatoms. The molecule has 0 unspecified atom stereocenters. The second-order valence-electron chi connectivity index (χ2n) is 7.95. The molecule has 168 valence electrons. The fourth-order valence-corrected chi connectivity index (χ4v) is 3.49. The number of benzene rings is 2. The van der Waals surface area contributed by atoms with Gasteiger partial charge in [0.05, 0.1) is 11.1 Å². The fourth-order valence-electron chi connectivity index (χ4n) is 3.49. The summed E-state index contributed by atoms with van der Waals surface area (Å²) in [7, 11) is 0. The number of aromatic carboxylic acids is 2. The monoisotopic (exact) mass is 452 g/mol. The summed E-state index contributed by atoms with van der Waals surface area (Å²) in [6, 6.07) is 21.9.